The predicted octanol–water partition coefficient (Wildman–Crippen LogP) is 2.28. The zero-order valence-electron chi connectivity index (χ0n) is 13.9. The van der Waals surface area contributed by atoms with Crippen LogP contribution in [-0.4, -0.2) is 45.4 Å². The standard InChI is InChI=1S/C16H17NO6S2/c1-11-4-9-15(24-11)14(18)10-23-16(19)12-5-7-13(8-6-12)25(20,21)17(2)22-3/h4-9H,10H2,1-3H3. The number of hydroxylamine groups is 1. The van der Waals surface area contributed by atoms with Crippen molar-refractivity contribution in [2.75, 3.05) is 20.8 Å². The van der Waals surface area contributed by atoms with Gasteiger partial charge in [0.2, 0.25) is 5.78 Å². The van der Waals surface area contributed by atoms with E-state index in [0.29, 0.717) is 9.35 Å². The molecule has 1 aromatic heterocycles. The number of carbonyl (C=O) groups excluding carboxylic acids is 2. The van der Waals surface area contributed by atoms with Gasteiger partial charge in [0.25, 0.3) is 10.0 Å². The van der Waals surface area contributed by atoms with Gasteiger partial charge in [-0.15, -0.1) is 11.3 Å². The van der Waals surface area contributed by atoms with Crippen LogP contribution in [-0.2, 0) is 19.6 Å². The number of nitrogens with zero attached hydrogens (tertiary/aromatic N) is 1. The van der Waals surface area contributed by atoms with Crippen LogP contribution in [0.3, 0.4) is 0 Å². The van der Waals surface area contributed by atoms with Crippen molar-refractivity contribution in [3.8, 4) is 0 Å². The normalized spacial score (nSPS) is 11.5. The van der Waals surface area contributed by atoms with Gasteiger partial charge in [0.05, 0.1) is 22.4 Å². The fourth-order valence-corrected chi connectivity index (χ4v) is 3.64. The van der Waals surface area contributed by atoms with Gasteiger partial charge in [-0.2, -0.15) is 0 Å². The van der Waals surface area contributed by atoms with Crippen LogP contribution in [0.25, 0.3) is 0 Å². The van der Waals surface area contributed by atoms with Crippen LogP contribution in [0.1, 0.15) is 24.9 Å². The third-order valence-corrected chi connectivity index (χ3v) is 6.07. The molecule has 9 heteroatoms. The van der Waals surface area contributed by atoms with Gasteiger partial charge in [0, 0.05) is 11.9 Å². The first-order valence-corrected chi connectivity index (χ1v) is 9.41. The van der Waals surface area contributed by atoms with Gasteiger partial charge < -0.3 is 4.74 Å². The van der Waals surface area contributed by atoms with Crippen molar-refractivity contribution in [3.63, 3.8) is 0 Å². The van der Waals surface area contributed by atoms with Gasteiger partial charge in [0.1, 0.15) is 0 Å². The number of carbonyl (C=O) groups is 2. The average Bonchev–Trinajstić information content (AvgIpc) is 3.05. The zero-order valence-corrected chi connectivity index (χ0v) is 15.5. The third kappa shape index (κ3) is 4.51. The molecule has 0 aliphatic carbocycles. The minimum Gasteiger partial charge on any atom is -0.454 e. The first kappa shape index (κ1) is 19.3. The van der Waals surface area contributed by atoms with E-state index in [9.17, 15) is 18.0 Å². The summed E-state index contributed by atoms with van der Waals surface area (Å²) in [5.41, 5.74) is 0.147. The topological polar surface area (TPSA) is 90.0 Å². The molecule has 0 unspecified atom stereocenters. The number of hydrogen-bond donors (Lipinski definition) is 0. The van der Waals surface area contributed by atoms with Crippen LogP contribution in [0.15, 0.2) is 41.3 Å². The molecule has 0 aliphatic rings. The predicted molar refractivity (Wildman–Crippen MR) is 92.1 cm³/mol. The van der Waals surface area contributed by atoms with Gasteiger partial charge in [-0.1, -0.05) is 4.47 Å². The number of Topliss-reactive ketones (excluding diaryl/α,β-unsaturated/α-hetero) is 1. The minimum absolute atomic E-state index is 0.0291. The Bertz CT molecular complexity index is 870. The van der Waals surface area contributed by atoms with E-state index in [2.05, 4.69) is 4.84 Å². The van der Waals surface area contributed by atoms with Crippen LogP contribution in [0.4, 0.5) is 0 Å². The van der Waals surface area contributed by atoms with E-state index in [1.807, 2.05) is 13.0 Å². The summed E-state index contributed by atoms with van der Waals surface area (Å²) < 4.78 is 29.8. The molecule has 0 N–H and O–H groups in total. The fourth-order valence-electron chi connectivity index (χ4n) is 1.88. The molecule has 2 rings (SSSR count). The molecule has 0 atom stereocenters. The second kappa shape index (κ2) is 7.87. The van der Waals surface area contributed by atoms with Crippen molar-refractivity contribution in [2.24, 2.45) is 0 Å². The van der Waals surface area contributed by atoms with Crippen molar-refractivity contribution in [3.05, 3.63) is 51.7 Å². The highest BCUT2D eigenvalue weighted by atomic mass is 32.2. The van der Waals surface area contributed by atoms with Crippen LogP contribution < -0.4 is 0 Å². The van der Waals surface area contributed by atoms with Crippen LogP contribution in [0, 0.1) is 6.92 Å². The van der Waals surface area contributed by atoms with Crippen molar-refractivity contribution >= 4 is 33.1 Å². The maximum atomic E-state index is 12.1. The van der Waals surface area contributed by atoms with E-state index in [-0.39, 0.29) is 22.8 Å². The number of hydrogen-bond acceptors (Lipinski definition) is 7. The number of ether oxygens (including phenoxy) is 1. The molecular weight excluding hydrogens is 366 g/mol. The number of ketones is 1. The highest BCUT2D eigenvalue weighted by Crippen LogP contribution is 2.17. The van der Waals surface area contributed by atoms with Crippen molar-refractivity contribution in [1.29, 1.82) is 0 Å². The Morgan fingerprint density at radius 2 is 1.76 bits per heavy atom. The van der Waals surface area contributed by atoms with E-state index in [1.54, 1.807) is 6.07 Å². The van der Waals surface area contributed by atoms with Crippen LogP contribution >= 0.6 is 11.3 Å². The van der Waals surface area contributed by atoms with Crippen molar-refractivity contribution < 1.29 is 27.6 Å². The molecule has 0 spiro atoms. The summed E-state index contributed by atoms with van der Waals surface area (Å²) in [6.07, 6.45) is 0. The Morgan fingerprint density at radius 1 is 1.12 bits per heavy atom. The van der Waals surface area contributed by atoms with Gasteiger partial charge in [-0.3, -0.25) is 9.63 Å². The second-order valence-electron chi connectivity index (χ2n) is 5.03. The third-order valence-electron chi connectivity index (χ3n) is 3.33. The molecule has 25 heavy (non-hydrogen) atoms. The quantitative estimate of drug-likeness (QED) is 0.414. The Labute approximate surface area is 149 Å². The van der Waals surface area contributed by atoms with E-state index in [0.717, 1.165) is 4.88 Å². The van der Waals surface area contributed by atoms with E-state index >= 15 is 0 Å². The molecule has 0 aliphatic heterocycles. The first-order valence-electron chi connectivity index (χ1n) is 7.15. The lowest BCUT2D eigenvalue weighted by atomic mass is 10.2. The van der Waals surface area contributed by atoms with Crippen molar-refractivity contribution in [2.45, 2.75) is 11.8 Å². The van der Waals surface area contributed by atoms with Gasteiger partial charge in [-0.05, 0) is 43.3 Å². The number of thiophene rings is 1. The van der Waals surface area contributed by atoms with E-state index in [4.69, 9.17) is 4.74 Å². The Balaban J connectivity index is 2.02. The highest BCUT2D eigenvalue weighted by molar-refractivity contribution is 7.89. The Morgan fingerprint density at radius 3 is 2.28 bits per heavy atom. The molecule has 0 radical (unpaired) electrons. The van der Waals surface area contributed by atoms with Gasteiger partial charge in [0.15, 0.2) is 6.61 Å². The van der Waals surface area contributed by atoms with Crippen LogP contribution in [0.2, 0.25) is 0 Å². The molecule has 0 saturated heterocycles. The molecule has 134 valence electrons. The molecule has 0 fully saturated rings. The molecular formula is C16H17NO6S2. The number of esters is 1. The molecule has 0 bridgehead atoms. The van der Waals surface area contributed by atoms with Gasteiger partial charge in [-0.25, -0.2) is 13.2 Å². The molecule has 2 aromatic rings. The highest BCUT2D eigenvalue weighted by Gasteiger charge is 2.21. The SMILES string of the molecule is CON(C)S(=O)(=O)c1ccc(C(=O)OCC(=O)c2ccc(C)s2)cc1. The lowest BCUT2D eigenvalue weighted by Crippen LogP contribution is -2.25. The minimum atomic E-state index is -3.78. The van der Waals surface area contributed by atoms with E-state index in [1.165, 1.54) is 49.8 Å². The summed E-state index contributed by atoms with van der Waals surface area (Å²) in [4.78, 5) is 30.1. The molecule has 1 heterocycles. The summed E-state index contributed by atoms with van der Waals surface area (Å²) in [6.45, 7) is 1.51. The van der Waals surface area contributed by atoms with Crippen LogP contribution in [0.5, 0.6) is 0 Å². The summed E-state index contributed by atoms with van der Waals surface area (Å²) in [5, 5.41) is 0. The summed E-state index contributed by atoms with van der Waals surface area (Å²) in [7, 11) is -1.29. The largest absolute Gasteiger partial charge is 0.454 e. The lowest BCUT2D eigenvalue weighted by molar-refractivity contribution is -0.0258. The van der Waals surface area contributed by atoms with Crippen molar-refractivity contribution in [1.82, 2.24) is 4.47 Å². The Kier molecular flexibility index (Phi) is 6.07. The smallest absolute Gasteiger partial charge is 0.338 e. The molecule has 1 aromatic carbocycles. The number of sulfonamides is 1. The summed E-state index contributed by atoms with van der Waals surface area (Å²) in [6, 6.07) is 8.67. The van der Waals surface area contributed by atoms with E-state index < -0.39 is 16.0 Å². The molecule has 0 saturated carbocycles. The molecule has 7 nitrogen and oxygen atoms in total. The Hall–Kier alpha value is -2.07. The number of benzene rings is 1. The summed E-state index contributed by atoms with van der Waals surface area (Å²) in [5.74, 6) is -0.988. The summed E-state index contributed by atoms with van der Waals surface area (Å²) >= 11 is 1.33. The zero-order chi connectivity index (χ0) is 18.6. The maximum Gasteiger partial charge on any atom is 0.338 e. The van der Waals surface area contributed by atoms with Gasteiger partial charge >= 0.3 is 5.97 Å². The molecule has 0 amide bonds. The second-order valence-corrected chi connectivity index (χ2v) is 8.25. The fraction of sp³-hybridized carbons (Fsp3) is 0.250. The monoisotopic (exact) mass is 383 g/mol. The first-order chi connectivity index (χ1) is 11.8. The average molecular weight is 383 g/mol. The number of rotatable bonds is 7. The lowest BCUT2D eigenvalue weighted by Gasteiger charge is -2.14. The maximum absolute atomic E-state index is 12.1. The number of aryl methyl sites for hydroxylation is 1.